The molecule has 0 amide bonds. The molecule has 2 nitrogen and oxygen atoms in total. The maximum Gasteiger partial charge on any atom is 0.146 e. The first-order valence-corrected chi connectivity index (χ1v) is 6.20. The van der Waals surface area contributed by atoms with Crippen molar-refractivity contribution >= 4 is 12.1 Å². The van der Waals surface area contributed by atoms with E-state index in [4.69, 9.17) is 0 Å². The van der Waals surface area contributed by atoms with E-state index in [0.29, 0.717) is 18.3 Å². The first-order chi connectivity index (χ1) is 7.56. The van der Waals surface area contributed by atoms with Crippen molar-refractivity contribution in [2.45, 2.75) is 52.9 Å². The van der Waals surface area contributed by atoms with E-state index in [-0.39, 0.29) is 5.78 Å². The van der Waals surface area contributed by atoms with Crippen LogP contribution in [0.1, 0.15) is 52.9 Å². The molecular formula is C14H22O2. The van der Waals surface area contributed by atoms with Crippen molar-refractivity contribution in [1.29, 1.82) is 0 Å². The molecule has 0 aromatic carbocycles. The molecule has 1 aliphatic carbocycles. The summed E-state index contributed by atoms with van der Waals surface area (Å²) >= 11 is 0. The standard InChI is InChI=1S/C14H22O2/c1-10(5-4-6-12(3)16)13-8-7-11(2)14(13)9-15/h9-10,13H,4-8H2,1-3H3/t10-,13-/m0/s1. The summed E-state index contributed by atoms with van der Waals surface area (Å²) in [6.45, 7) is 5.90. The third-order valence-electron chi connectivity index (χ3n) is 3.72. The number of carbonyl (C=O) groups is 2. The fraction of sp³-hybridized carbons (Fsp3) is 0.714. The molecule has 0 bridgehead atoms. The van der Waals surface area contributed by atoms with Gasteiger partial charge in [-0.2, -0.15) is 0 Å². The highest BCUT2D eigenvalue weighted by Gasteiger charge is 2.27. The van der Waals surface area contributed by atoms with E-state index in [1.54, 1.807) is 6.92 Å². The summed E-state index contributed by atoms with van der Waals surface area (Å²) < 4.78 is 0. The van der Waals surface area contributed by atoms with Gasteiger partial charge in [0.1, 0.15) is 12.1 Å². The number of allylic oxidation sites excluding steroid dienone is 2. The number of rotatable bonds is 6. The zero-order valence-electron chi connectivity index (χ0n) is 10.6. The van der Waals surface area contributed by atoms with Crippen molar-refractivity contribution in [1.82, 2.24) is 0 Å². The van der Waals surface area contributed by atoms with Crippen LogP contribution in [0.25, 0.3) is 0 Å². The monoisotopic (exact) mass is 222 g/mol. The average Bonchev–Trinajstić information content (AvgIpc) is 2.58. The second-order valence-corrected chi connectivity index (χ2v) is 5.07. The topological polar surface area (TPSA) is 34.1 Å². The molecule has 0 aliphatic heterocycles. The minimum atomic E-state index is 0.265. The van der Waals surface area contributed by atoms with Crippen LogP contribution in [0.5, 0.6) is 0 Å². The van der Waals surface area contributed by atoms with Gasteiger partial charge in [0.25, 0.3) is 0 Å². The van der Waals surface area contributed by atoms with E-state index in [1.165, 1.54) is 5.57 Å². The van der Waals surface area contributed by atoms with Crippen molar-refractivity contribution in [3.63, 3.8) is 0 Å². The molecule has 16 heavy (non-hydrogen) atoms. The first-order valence-electron chi connectivity index (χ1n) is 6.20. The minimum absolute atomic E-state index is 0.265. The van der Waals surface area contributed by atoms with E-state index in [9.17, 15) is 9.59 Å². The predicted molar refractivity (Wildman–Crippen MR) is 65.2 cm³/mol. The summed E-state index contributed by atoms with van der Waals surface area (Å²) in [7, 11) is 0. The van der Waals surface area contributed by atoms with E-state index in [2.05, 4.69) is 13.8 Å². The molecule has 0 unspecified atom stereocenters. The molecule has 0 saturated carbocycles. The third-order valence-corrected chi connectivity index (χ3v) is 3.72. The molecule has 2 atom stereocenters. The Hall–Kier alpha value is -0.920. The Labute approximate surface area is 98.1 Å². The predicted octanol–water partition coefficient (Wildman–Crippen LogP) is 3.31. The summed E-state index contributed by atoms with van der Waals surface area (Å²) in [4.78, 5) is 21.9. The van der Waals surface area contributed by atoms with E-state index >= 15 is 0 Å². The van der Waals surface area contributed by atoms with Crippen LogP contribution >= 0.6 is 0 Å². The lowest BCUT2D eigenvalue weighted by atomic mass is 9.85. The Balaban J connectivity index is 2.46. The molecular weight excluding hydrogens is 200 g/mol. The zero-order valence-corrected chi connectivity index (χ0v) is 10.6. The molecule has 0 radical (unpaired) electrons. The second-order valence-electron chi connectivity index (χ2n) is 5.07. The molecule has 1 rings (SSSR count). The van der Waals surface area contributed by atoms with Crippen LogP contribution in [0.15, 0.2) is 11.1 Å². The van der Waals surface area contributed by atoms with Crippen molar-refractivity contribution in [2.24, 2.45) is 11.8 Å². The molecule has 0 spiro atoms. The number of aldehydes is 1. The lowest BCUT2D eigenvalue weighted by molar-refractivity contribution is -0.117. The summed E-state index contributed by atoms with van der Waals surface area (Å²) in [5.41, 5.74) is 2.29. The molecule has 0 N–H and O–H groups in total. The highest BCUT2D eigenvalue weighted by Crippen LogP contribution is 2.37. The van der Waals surface area contributed by atoms with Crippen LogP contribution in [0.2, 0.25) is 0 Å². The molecule has 0 saturated heterocycles. The van der Waals surface area contributed by atoms with Crippen molar-refractivity contribution in [3.8, 4) is 0 Å². The normalized spacial score (nSPS) is 22.3. The highest BCUT2D eigenvalue weighted by atomic mass is 16.1. The molecule has 90 valence electrons. The minimum Gasteiger partial charge on any atom is -0.300 e. The van der Waals surface area contributed by atoms with Gasteiger partial charge in [0.15, 0.2) is 0 Å². The lowest BCUT2D eigenvalue weighted by Crippen LogP contribution is -2.12. The second kappa shape index (κ2) is 5.97. The Bertz CT molecular complexity index is 302. The number of hydrogen-bond acceptors (Lipinski definition) is 2. The van der Waals surface area contributed by atoms with E-state index in [1.807, 2.05) is 0 Å². The van der Waals surface area contributed by atoms with Crippen molar-refractivity contribution < 1.29 is 9.59 Å². The maximum absolute atomic E-state index is 11.0. The Morgan fingerprint density at radius 1 is 1.56 bits per heavy atom. The highest BCUT2D eigenvalue weighted by molar-refractivity contribution is 5.76. The molecule has 0 aromatic heterocycles. The van der Waals surface area contributed by atoms with Gasteiger partial charge in [0, 0.05) is 6.42 Å². The zero-order chi connectivity index (χ0) is 12.1. The molecule has 0 aromatic rings. The van der Waals surface area contributed by atoms with Gasteiger partial charge in [-0.25, -0.2) is 0 Å². The van der Waals surface area contributed by atoms with Crippen molar-refractivity contribution in [3.05, 3.63) is 11.1 Å². The first kappa shape index (κ1) is 13.1. The smallest absolute Gasteiger partial charge is 0.146 e. The van der Waals surface area contributed by atoms with Crippen LogP contribution in [-0.4, -0.2) is 12.1 Å². The number of hydrogen-bond donors (Lipinski definition) is 0. The number of Topliss-reactive ketones (excluding diaryl/α,β-unsaturated/α-hetero) is 1. The average molecular weight is 222 g/mol. The Morgan fingerprint density at radius 2 is 2.25 bits per heavy atom. The number of ketones is 1. The van der Waals surface area contributed by atoms with E-state index in [0.717, 1.165) is 37.5 Å². The van der Waals surface area contributed by atoms with Gasteiger partial charge in [-0.3, -0.25) is 4.79 Å². The SMILES string of the molecule is CC(=O)CCC[C@H](C)[C@@H]1CCC(C)=C1C=O. The largest absolute Gasteiger partial charge is 0.300 e. The summed E-state index contributed by atoms with van der Waals surface area (Å²) in [5, 5.41) is 0. The fourth-order valence-corrected chi connectivity index (χ4v) is 2.64. The summed E-state index contributed by atoms with van der Waals surface area (Å²) in [6, 6.07) is 0. The van der Waals surface area contributed by atoms with Gasteiger partial charge in [-0.05, 0) is 56.9 Å². The van der Waals surface area contributed by atoms with Crippen molar-refractivity contribution in [2.75, 3.05) is 0 Å². The molecule has 1 aliphatic rings. The van der Waals surface area contributed by atoms with Crippen LogP contribution in [-0.2, 0) is 9.59 Å². The molecule has 2 heteroatoms. The quantitative estimate of drug-likeness (QED) is 0.646. The van der Waals surface area contributed by atoms with Gasteiger partial charge in [-0.1, -0.05) is 12.5 Å². The van der Waals surface area contributed by atoms with Gasteiger partial charge in [-0.15, -0.1) is 0 Å². The van der Waals surface area contributed by atoms with Crippen LogP contribution in [0.3, 0.4) is 0 Å². The fourth-order valence-electron chi connectivity index (χ4n) is 2.64. The third kappa shape index (κ3) is 3.29. The molecule has 0 fully saturated rings. The van der Waals surface area contributed by atoms with E-state index < -0.39 is 0 Å². The summed E-state index contributed by atoms with van der Waals surface area (Å²) in [5.74, 6) is 1.22. The van der Waals surface area contributed by atoms with Gasteiger partial charge in [0.2, 0.25) is 0 Å². The maximum atomic E-state index is 11.0. The molecule has 0 heterocycles. The summed E-state index contributed by atoms with van der Waals surface area (Å²) in [6.07, 6.45) is 5.90. The van der Waals surface area contributed by atoms with Crippen LogP contribution in [0, 0.1) is 11.8 Å². The van der Waals surface area contributed by atoms with Gasteiger partial charge in [0.05, 0.1) is 0 Å². The Morgan fingerprint density at radius 3 is 2.81 bits per heavy atom. The Kier molecular flexibility index (Phi) is 4.91. The lowest BCUT2D eigenvalue weighted by Gasteiger charge is -2.19. The van der Waals surface area contributed by atoms with Crippen LogP contribution < -0.4 is 0 Å². The number of carbonyl (C=O) groups excluding carboxylic acids is 2. The van der Waals surface area contributed by atoms with Gasteiger partial charge >= 0.3 is 0 Å². The van der Waals surface area contributed by atoms with Crippen LogP contribution in [0.4, 0.5) is 0 Å². The van der Waals surface area contributed by atoms with Gasteiger partial charge < -0.3 is 4.79 Å².